The molecule has 0 amide bonds. The summed E-state index contributed by atoms with van der Waals surface area (Å²) in [6, 6.07) is 7.63. The number of aliphatic carboxylic acids is 1. The van der Waals surface area contributed by atoms with Crippen molar-refractivity contribution in [1.29, 1.82) is 0 Å². The fourth-order valence-corrected chi connectivity index (χ4v) is 3.12. The van der Waals surface area contributed by atoms with Crippen LogP contribution in [0.2, 0.25) is 0 Å². The molecule has 128 valence electrons. The van der Waals surface area contributed by atoms with Crippen LogP contribution in [0.15, 0.2) is 24.3 Å². The maximum absolute atomic E-state index is 10.9. The van der Waals surface area contributed by atoms with E-state index in [2.05, 4.69) is 6.92 Å². The van der Waals surface area contributed by atoms with E-state index in [0.29, 0.717) is 12.5 Å². The summed E-state index contributed by atoms with van der Waals surface area (Å²) < 4.78 is 11.4. The van der Waals surface area contributed by atoms with E-state index in [1.807, 2.05) is 31.2 Å². The Morgan fingerprint density at radius 2 is 1.87 bits per heavy atom. The number of hydrogen-bond donors (Lipinski definition) is 1. The van der Waals surface area contributed by atoms with Crippen molar-refractivity contribution in [1.82, 2.24) is 0 Å². The predicted molar refractivity (Wildman–Crippen MR) is 89.7 cm³/mol. The van der Waals surface area contributed by atoms with Gasteiger partial charge in [0.1, 0.15) is 5.75 Å². The summed E-state index contributed by atoms with van der Waals surface area (Å²) >= 11 is 0. The molecule has 4 heteroatoms. The van der Waals surface area contributed by atoms with Gasteiger partial charge in [-0.15, -0.1) is 0 Å². The lowest BCUT2D eigenvalue weighted by atomic mass is 9.83. The molecule has 0 bridgehead atoms. The molecule has 4 nitrogen and oxygen atoms in total. The van der Waals surface area contributed by atoms with E-state index in [-0.39, 0.29) is 6.42 Å². The smallest absolute Gasteiger partial charge is 0.306 e. The van der Waals surface area contributed by atoms with Crippen LogP contribution in [0.1, 0.15) is 57.6 Å². The molecule has 1 aliphatic rings. The maximum atomic E-state index is 10.9. The lowest BCUT2D eigenvalue weighted by Crippen LogP contribution is -2.18. The fourth-order valence-electron chi connectivity index (χ4n) is 3.12. The molecule has 0 aromatic heterocycles. The van der Waals surface area contributed by atoms with Gasteiger partial charge in [0.25, 0.3) is 0 Å². The van der Waals surface area contributed by atoms with Crippen LogP contribution in [-0.2, 0) is 9.53 Å². The van der Waals surface area contributed by atoms with Crippen LogP contribution >= 0.6 is 0 Å². The highest BCUT2D eigenvalue weighted by atomic mass is 16.5. The van der Waals surface area contributed by atoms with Crippen molar-refractivity contribution >= 4 is 5.97 Å². The minimum absolute atomic E-state index is 0.0195. The van der Waals surface area contributed by atoms with Gasteiger partial charge in [-0.3, -0.25) is 4.79 Å². The molecule has 23 heavy (non-hydrogen) atoms. The minimum Gasteiger partial charge on any atom is -0.493 e. The first kappa shape index (κ1) is 17.8. The van der Waals surface area contributed by atoms with Crippen molar-refractivity contribution in [3.05, 3.63) is 29.8 Å². The Bertz CT molecular complexity index is 475. The monoisotopic (exact) mass is 320 g/mol. The molecular formula is C19H28O4. The first-order valence-corrected chi connectivity index (χ1v) is 8.64. The third-order valence-corrected chi connectivity index (χ3v) is 4.60. The Labute approximate surface area is 138 Å². The summed E-state index contributed by atoms with van der Waals surface area (Å²) in [4.78, 5) is 10.9. The number of rotatable bonds is 8. The van der Waals surface area contributed by atoms with Gasteiger partial charge < -0.3 is 14.6 Å². The highest BCUT2D eigenvalue weighted by Gasteiger charge is 2.19. The second-order valence-corrected chi connectivity index (χ2v) is 6.55. The van der Waals surface area contributed by atoms with Gasteiger partial charge in [-0.1, -0.05) is 31.9 Å². The Kier molecular flexibility index (Phi) is 6.90. The first-order chi connectivity index (χ1) is 11.1. The molecule has 0 heterocycles. The van der Waals surface area contributed by atoms with Crippen molar-refractivity contribution < 1.29 is 19.4 Å². The molecule has 1 N–H and O–H groups in total. The lowest BCUT2D eigenvalue weighted by molar-refractivity contribution is -0.140. The van der Waals surface area contributed by atoms with Crippen molar-refractivity contribution in [3.63, 3.8) is 0 Å². The van der Waals surface area contributed by atoms with E-state index < -0.39 is 12.1 Å². The van der Waals surface area contributed by atoms with Gasteiger partial charge in [-0.05, 0) is 49.3 Å². The number of benzene rings is 1. The lowest BCUT2D eigenvalue weighted by Gasteiger charge is -2.26. The summed E-state index contributed by atoms with van der Waals surface area (Å²) in [5, 5.41) is 8.97. The van der Waals surface area contributed by atoms with Gasteiger partial charge in [-0.25, -0.2) is 0 Å². The van der Waals surface area contributed by atoms with Crippen molar-refractivity contribution in [2.45, 2.75) is 52.1 Å². The summed E-state index contributed by atoms with van der Waals surface area (Å²) in [5.41, 5.74) is 0.882. The molecular weight excluding hydrogens is 292 g/mol. The molecule has 2 rings (SSSR count). The van der Waals surface area contributed by atoms with Crippen LogP contribution < -0.4 is 4.74 Å². The zero-order chi connectivity index (χ0) is 16.7. The van der Waals surface area contributed by atoms with Gasteiger partial charge in [0.05, 0.1) is 19.1 Å². The van der Waals surface area contributed by atoms with Crippen LogP contribution in [0.3, 0.4) is 0 Å². The summed E-state index contributed by atoms with van der Waals surface area (Å²) in [5.74, 6) is 1.51. The molecule has 1 aromatic rings. The third-order valence-electron chi connectivity index (χ3n) is 4.60. The largest absolute Gasteiger partial charge is 0.493 e. The first-order valence-electron chi connectivity index (χ1n) is 8.64. The second-order valence-electron chi connectivity index (χ2n) is 6.55. The Morgan fingerprint density at radius 3 is 2.43 bits per heavy atom. The Balaban J connectivity index is 1.86. The zero-order valence-corrected chi connectivity index (χ0v) is 14.2. The molecule has 0 unspecified atom stereocenters. The number of hydrogen-bond acceptors (Lipinski definition) is 3. The van der Waals surface area contributed by atoms with Gasteiger partial charge in [0.15, 0.2) is 0 Å². The van der Waals surface area contributed by atoms with E-state index in [9.17, 15) is 4.79 Å². The van der Waals surface area contributed by atoms with E-state index >= 15 is 0 Å². The topological polar surface area (TPSA) is 55.8 Å². The van der Waals surface area contributed by atoms with Crippen molar-refractivity contribution in [2.75, 3.05) is 13.2 Å². The Morgan fingerprint density at radius 1 is 1.22 bits per heavy atom. The molecule has 1 atom stereocenters. The molecule has 0 spiro atoms. The van der Waals surface area contributed by atoms with Crippen LogP contribution in [0.25, 0.3) is 0 Å². The SMILES string of the molecule is CCO[C@@H](CC(=O)O)c1ccc(OC[C@H]2CC[C@@H](C)CC2)cc1. The average molecular weight is 320 g/mol. The van der Waals surface area contributed by atoms with Gasteiger partial charge in [0, 0.05) is 6.61 Å². The van der Waals surface area contributed by atoms with Crippen LogP contribution in [0.5, 0.6) is 5.75 Å². The predicted octanol–water partition coefficient (Wildman–Crippen LogP) is 4.44. The molecule has 0 aliphatic heterocycles. The number of carboxylic acid groups (broad SMARTS) is 1. The second kappa shape index (κ2) is 8.92. The molecule has 1 saturated carbocycles. The van der Waals surface area contributed by atoms with Gasteiger partial charge in [0.2, 0.25) is 0 Å². The van der Waals surface area contributed by atoms with E-state index in [0.717, 1.165) is 23.8 Å². The van der Waals surface area contributed by atoms with E-state index in [1.54, 1.807) is 0 Å². The summed E-state index contributed by atoms with van der Waals surface area (Å²) in [6.45, 7) is 5.46. The minimum atomic E-state index is -0.852. The van der Waals surface area contributed by atoms with Crippen molar-refractivity contribution in [3.8, 4) is 5.75 Å². The molecule has 0 radical (unpaired) electrons. The highest BCUT2D eigenvalue weighted by Crippen LogP contribution is 2.29. The van der Waals surface area contributed by atoms with Crippen LogP contribution in [0.4, 0.5) is 0 Å². The maximum Gasteiger partial charge on any atom is 0.306 e. The third kappa shape index (κ3) is 5.87. The Hall–Kier alpha value is -1.55. The van der Waals surface area contributed by atoms with Gasteiger partial charge in [-0.2, -0.15) is 0 Å². The molecule has 1 aliphatic carbocycles. The molecule has 1 aromatic carbocycles. The van der Waals surface area contributed by atoms with Gasteiger partial charge >= 0.3 is 5.97 Å². The highest BCUT2D eigenvalue weighted by molar-refractivity contribution is 5.67. The number of carbonyl (C=O) groups is 1. The molecule has 0 saturated heterocycles. The fraction of sp³-hybridized carbons (Fsp3) is 0.632. The number of carboxylic acids is 1. The summed E-state index contributed by atoms with van der Waals surface area (Å²) in [7, 11) is 0. The molecule has 1 fully saturated rings. The zero-order valence-electron chi connectivity index (χ0n) is 14.2. The van der Waals surface area contributed by atoms with Crippen LogP contribution in [-0.4, -0.2) is 24.3 Å². The average Bonchev–Trinajstić information content (AvgIpc) is 2.54. The van der Waals surface area contributed by atoms with Crippen molar-refractivity contribution in [2.24, 2.45) is 11.8 Å². The van der Waals surface area contributed by atoms with E-state index in [4.69, 9.17) is 14.6 Å². The van der Waals surface area contributed by atoms with E-state index in [1.165, 1.54) is 25.7 Å². The van der Waals surface area contributed by atoms with Crippen LogP contribution in [0, 0.1) is 11.8 Å². The quantitative estimate of drug-likeness (QED) is 0.769. The standard InChI is InChI=1S/C19H28O4/c1-3-22-18(12-19(20)21)16-8-10-17(11-9-16)23-13-15-6-4-14(2)5-7-15/h8-11,14-15,18H,3-7,12-13H2,1-2H3,(H,20,21)/t14-,15+,18-/m0/s1. The summed E-state index contributed by atoms with van der Waals surface area (Å²) in [6.07, 6.45) is 4.70. The normalized spacial score (nSPS) is 22.5. The number of ether oxygens (including phenoxy) is 2.